The van der Waals surface area contributed by atoms with E-state index in [-0.39, 0.29) is 11.9 Å². The summed E-state index contributed by atoms with van der Waals surface area (Å²) in [6.45, 7) is 9.18. The Hall–Kier alpha value is -2.73. The fourth-order valence-electron chi connectivity index (χ4n) is 4.55. The SMILES string of the molecule is C=CCOc1ccccc1CN1CCCC2(CCc3cnc(C)nc32)C1.O=CO. The number of piperidine rings is 1. The zero-order valence-electron chi connectivity index (χ0n) is 17.0. The Morgan fingerprint density at radius 3 is 2.93 bits per heavy atom. The molecule has 6 nitrogen and oxygen atoms in total. The molecule has 29 heavy (non-hydrogen) atoms. The van der Waals surface area contributed by atoms with Gasteiger partial charge in [0, 0.05) is 30.3 Å². The van der Waals surface area contributed by atoms with Gasteiger partial charge in [0.1, 0.15) is 18.2 Å². The molecule has 1 saturated heterocycles. The summed E-state index contributed by atoms with van der Waals surface area (Å²) in [4.78, 5) is 20.2. The Kier molecular flexibility index (Phi) is 6.99. The molecule has 1 unspecified atom stereocenters. The van der Waals surface area contributed by atoms with Crippen molar-refractivity contribution in [1.82, 2.24) is 14.9 Å². The van der Waals surface area contributed by atoms with Gasteiger partial charge in [-0.3, -0.25) is 9.69 Å². The number of rotatable bonds is 5. The van der Waals surface area contributed by atoms with Crippen LogP contribution in [0.1, 0.15) is 41.9 Å². The van der Waals surface area contributed by atoms with Gasteiger partial charge in [-0.25, -0.2) is 9.97 Å². The number of nitrogens with zero attached hydrogens (tertiary/aromatic N) is 3. The number of ether oxygens (including phenoxy) is 1. The van der Waals surface area contributed by atoms with Crippen molar-refractivity contribution in [3.05, 3.63) is 65.8 Å². The van der Waals surface area contributed by atoms with E-state index in [2.05, 4.69) is 34.7 Å². The standard InChI is InChI=1S/C22H27N3O.CH2O2/c1-3-13-26-20-8-5-4-7-19(20)15-25-12-6-10-22(16-25)11-9-18-14-23-17(2)24-21(18)22;2-1-3/h3-5,7-8,14H,1,6,9-13,15-16H2,2H3;1H,(H,2,3). The molecule has 0 saturated carbocycles. The maximum absolute atomic E-state index is 8.36. The number of fused-ring (bicyclic) bond motifs is 2. The maximum atomic E-state index is 8.36. The molecule has 1 aromatic heterocycles. The molecule has 1 N–H and O–H groups in total. The van der Waals surface area contributed by atoms with Crippen LogP contribution in [0.4, 0.5) is 0 Å². The number of para-hydroxylation sites is 1. The third-order valence-electron chi connectivity index (χ3n) is 5.74. The first-order valence-corrected chi connectivity index (χ1v) is 10.1. The van der Waals surface area contributed by atoms with Crippen molar-refractivity contribution >= 4 is 6.47 Å². The second-order valence-electron chi connectivity index (χ2n) is 7.70. The number of benzene rings is 1. The van der Waals surface area contributed by atoms with Gasteiger partial charge in [0.25, 0.3) is 6.47 Å². The molecule has 1 aromatic carbocycles. The Morgan fingerprint density at radius 2 is 2.14 bits per heavy atom. The molecule has 1 atom stereocenters. The lowest BCUT2D eigenvalue weighted by Crippen LogP contribution is -2.45. The molecule has 0 amide bonds. The second kappa shape index (κ2) is 9.65. The number of hydrogen-bond acceptors (Lipinski definition) is 5. The predicted octanol–water partition coefficient (Wildman–Crippen LogP) is 3.53. The smallest absolute Gasteiger partial charge is 0.290 e. The minimum absolute atomic E-state index is 0.207. The van der Waals surface area contributed by atoms with Crippen LogP contribution in [0.25, 0.3) is 0 Å². The molecule has 2 aromatic rings. The minimum atomic E-state index is -0.250. The quantitative estimate of drug-likeness (QED) is 0.617. The number of carboxylic acid groups (broad SMARTS) is 1. The van der Waals surface area contributed by atoms with Gasteiger partial charge in [0.15, 0.2) is 0 Å². The number of hydrogen-bond donors (Lipinski definition) is 1. The van der Waals surface area contributed by atoms with Crippen molar-refractivity contribution in [2.24, 2.45) is 0 Å². The van der Waals surface area contributed by atoms with Crippen LogP contribution in [0.5, 0.6) is 5.75 Å². The molecule has 1 aliphatic heterocycles. The fourth-order valence-corrected chi connectivity index (χ4v) is 4.55. The van der Waals surface area contributed by atoms with E-state index in [1.165, 1.54) is 36.1 Å². The van der Waals surface area contributed by atoms with Gasteiger partial charge in [-0.1, -0.05) is 30.9 Å². The molecule has 4 rings (SSSR count). The number of carbonyl (C=O) groups is 1. The van der Waals surface area contributed by atoms with E-state index in [0.717, 1.165) is 37.6 Å². The van der Waals surface area contributed by atoms with E-state index in [9.17, 15) is 0 Å². The molecule has 6 heteroatoms. The van der Waals surface area contributed by atoms with Crippen LogP contribution >= 0.6 is 0 Å². The molecule has 2 aliphatic rings. The van der Waals surface area contributed by atoms with Gasteiger partial charge >= 0.3 is 0 Å². The van der Waals surface area contributed by atoms with Crippen LogP contribution < -0.4 is 4.74 Å². The van der Waals surface area contributed by atoms with Crippen LogP contribution in [0.2, 0.25) is 0 Å². The Labute approximate surface area is 172 Å². The van der Waals surface area contributed by atoms with Crippen LogP contribution in [-0.2, 0) is 23.2 Å². The Balaban J connectivity index is 0.000000755. The molecule has 1 fully saturated rings. The molecule has 154 valence electrons. The highest BCUT2D eigenvalue weighted by Gasteiger charge is 2.43. The zero-order valence-corrected chi connectivity index (χ0v) is 17.0. The van der Waals surface area contributed by atoms with Crippen LogP contribution in [0, 0.1) is 6.92 Å². The molecule has 1 spiro atoms. The normalized spacial score (nSPS) is 20.4. The lowest BCUT2D eigenvalue weighted by molar-refractivity contribution is -0.122. The van der Waals surface area contributed by atoms with E-state index >= 15 is 0 Å². The second-order valence-corrected chi connectivity index (χ2v) is 7.70. The Bertz CT molecular complexity index is 851. The Morgan fingerprint density at radius 1 is 1.34 bits per heavy atom. The highest BCUT2D eigenvalue weighted by molar-refractivity contribution is 5.35. The van der Waals surface area contributed by atoms with Crippen LogP contribution in [0.15, 0.2) is 43.1 Å². The summed E-state index contributed by atoms with van der Waals surface area (Å²) in [5.41, 5.74) is 4.12. The van der Waals surface area contributed by atoms with Crippen molar-refractivity contribution in [2.45, 2.75) is 44.6 Å². The summed E-state index contributed by atoms with van der Waals surface area (Å²) in [6, 6.07) is 8.36. The summed E-state index contributed by atoms with van der Waals surface area (Å²) in [6.07, 6.45) is 8.61. The first kappa shape index (κ1) is 21.0. The van der Waals surface area contributed by atoms with Gasteiger partial charge < -0.3 is 9.84 Å². The van der Waals surface area contributed by atoms with Crippen molar-refractivity contribution in [2.75, 3.05) is 19.7 Å². The van der Waals surface area contributed by atoms with Gasteiger partial charge in [0.2, 0.25) is 0 Å². The van der Waals surface area contributed by atoms with Crippen molar-refractivity contribution in [3.8, 4) is 5.75 Å². The fraction of sp³-hybridized carbons (Fsp3) is 0.435. The largest absolute Gasteiger partial charge is 0.489 e. The maximum Gasteiger partial charge on any atom is 0.290 e. The predicted molar refractivity (Wildman–Crippen MR) is 112 cm³/mol. The monoisotopic (exact) mass is 395 g/mol. The van der Waals surface area contributed by atoms with E-state index in [0.29, 0.717) is 6.61 Å². The molecule has 0 bridgehead atoms. The van der Waals surface area contributed by atoms with E-state index in [4.69, 9.17) is 19.6 Å². The average Bonchev–Trinajstić information content (AvgIpc) is 3.05. The summed E-state index contributed by atoms with van der Waals surface area (Å²) < 4.78 is 5.85. The third-order valence-corrected chi connectivity index (χ3v) is 5.74. The minimum Gasteiger partial charge on any atom is -0.489 e. The van der Waals surface area contributed by atoms with Gasteiger partial charge in [-0.2, -0.15) is 0 Å². The molecule has 0 radical (unpaired) electrons. The summed E-state index contributed by atoms with van der Waals surface area (Å²) in [5.74, 6) is 1.86. The topological polar surface area (TPSA) is 75.5 Å². The van der Waals surface area contributed by atoms with Gasteiger partial charge in [-0.05, 0) is 50.8 Å². The lowest BCUT2D eigenvalue weighted by atomic mass is 9.77. The number of aryl methyl sites for hydroxylation is 2. The first-order valence-electron chi connectivity index (χ1n) is 10.1. The summed E-state index contributed by atoms with van der Waals surface area (Å²) in [7, 11) is 0. The highest BCUT2D eigenvalue weighted by Crippen LogP contribution is 2.44. The average molecular weight is 396 g/mol. The molecular weight excluding hydrogens is 366 g/mol. The first-order chi connectivity index (χ1) is 14.1. The summed E-state index contributed by atoms with van der Waals surface area (Å²) in [5, 5.41) is 6.89. The lowest BCUT2D eigenvalue weighted by Gasteiger charge is -2.40. The number of aromatic nitrogens is 2. The van der Waals surface area contributed by atoms with Crippen molar-refractivity contribution in [1.29, 1.82) is 0 Å². The zero-order chi connectivity index (χ0) is 20.7. The van der Waals surface area contributed by atoms with Crippen LogP contribution in [0.3, 0.4) is 0 Å². The van der Waals surface area contributed by atoms with E-state index in [1.807, 2.05) is 19.2 Å². The summed E-state index contributed by atoms with van der Waals surface area (Å²) >= 11 is 0. The highest BCUT2D eigenvalue weighted by atomic mass is 16.5. The molecular formula is C23H29N3O3. The van der Waals surface area contributed by atoms with Gasteiger partial charge in [-0.15, -0.1) is 0 Å². The third kappa shape index (κ3) is 4.82. The van der Waals surface area contributed by atoms with Gasteiger partial charge in [0.05, 0.1) is 5.69 Å². The van der Waals surface area contributed by atoms with E-state index in [1.54, 1.807) is 6.08 Å². The van der Waals surface area contributed by atoms with E-state index < -0.39 is 0 Å². The number of likely N-dealkylation sites (tertiary alicyclic amines) is 1. The van der Waals surface area contributed by atoms with Crippen molar-refractivity contribution < 1.29 is 14.6 Å². The van der Waals surface area contributed by atoms with Crippen molar-refractivity contribution in [3.63, 3.8) is 0 Å². The molecule has 2 heterocycles. The molecule has 1 aliphatic carbocycles. The van der Waals surface area contributed by atoms with Crippen LogP contribution in [-0.4, -0.2) is 46.1 Å².